The van der Waals surface area contributed by atoms with Crippen LogP contribution >= 0.6 is 0 Å². The third-order valence-corrected chi connectivity index (χ3v) is 4.55. The highest BCUT2D eigenvalue weighted by atomic mass is 19.4. The van der Waals surface area contributed by atoms with Gasteiger partial charge >= 0.3 is 6.36 Å². The Morgan fingerprint density at radius 2 is 1.70 bits per heavy atom. The Morgan fingerprint density at radius 1 is 1.07 bits per heavy atom. The molecule has 1 aromatic rings. The number of nitrogens with one attached hydrogen (secondary N) is 1. The van der Waals surface area contributed by atoms with Crippen molar-refractivity contribution in [2.24, 2.45) is 0 Å². The van der Waals surface area contributed by atoms with Crippen LogP contribution in [0.25, 0.3) is 0 Å². The van der Waals surface area contributed by atoms with Gasteiger partial charge in [-0.05, 0) is 30.5 Å². The van der Waals surface area contributed by atoms with Crippen molar-refractivity contribution in [3.63, 3.8) is 0 Å². The Hall–Kier alpha value is -2.29. The summed E-state index contributed by atoms with van der Waals surface area (Å²) in [5.41, 5.74) is 0.626. The SMILES string of the molecule is O=C(CN1CCN(C(=O)Cc2ccc(OC(F)(F)F)cc2)CC1)NC1CC1. The molecule has 0 bridgehead atoms. The number of benzene rings is 1. The molecule has 1 aliphatic carbocycles. The van der Waals surface area contributed by atoms with Crippen LogP contribution in [0.3, 0.4) is 0 Å². The number of ether oxygens (including phenoxy) is 1. The first-order valence-electron chi connectivity index (χ1n) is 8.93. The molecule has 2 aliphatic rings. The first-order chi connectivity index (χ1) is 12.8. The molecule has 0 aromatic heterocycles. The van der Waals surface area contributed by atoms with E-state index in [0.29, 0.717) is 44.3 Å². The van der Waals surface area contributed by atoms with E-state index in [2.05, 4.69) is 10.1 Å². The summed E-state index contributed by atoms with van der Waals surface area (Å²) < 4.78 is 40.3. The molecule has 148 valence electrons. The van der Waals surface area contributed by atoms with Gasteiger partial charge in [0.2, 0.25) is 11.8 Å². The molecular formula is C18H22F3N3O3. The van der Waals surface area contributed by atoms with E-state index in [1.165, 1.54) is 24.3 Å². The number of amides is 2. The molecule has 6 nitrogen and oxygen atoms in total. The lowest BCUT2D eigenvalue weighted by Gasteiger charge is -2.34. The maximum atomic E-state index is 12.4. The first-order valence-corrected chi connectivity index (χ1v) is 8.93. The highest BCUT2D eigenvalue weighted by molar-refractivity contribution is 5.79. The van der Waals surface area contributed by atoms with E-state index in [-0.39, 0.29) is 24.0 Å². The van der Waals surface area contributed by atoms with Gasteiger partial charge in [0.25, 0.3) is 0 Å². The Morgan fingerprint density at radius 3 is 2.26 bits per heavy atom. The molecule has 2 fully saturated rings. The Balaban J connectivity index is 1.41. The van der Waals surface area contributed by atoms with Crippen molar-refractivity contribution in [3.05, 3.63) is 29.8 Å². The van der Waals surface area contributed by atoms with Gasteiger partial charge in [0.15, 0.2) is 0 Å². The molecule has 1 aliphatic heterocycles. The maximum absolute atomic E-state index is 12.4. The quantitative estimate of drug-likeness (QED) is 0.807. The second-order valence-electron chi connectivity index (χ2n) is 6.87. The molecule has 1 saturated heterocycles. The van der Waals surface area contributed by atoms with Crippen molar-refractivity contribution < 1.29 is 27.5 Å². The normalized spacial score (nSPS) is 18.3. The van der Waals surface area contributed by atoms with Gasteiger partial charge in [-0.2, -0.15) is 0 Å². The average molecular weight is 385 g/mol. The van der Waals surface area contributed by atoms with E-state index in [1.54, 1.807) is 4.90 Å². The van der Waals surface area contributed by atoms with Gasteiger partial charge in [-0.1, -0.05) is 12.1 Å². The topological polar surface area (TPSA) is 61.9 Å². The van der Waals surface area contributed by atoms with Crippen molar-refractivity contribution >= 4 is 11.8 Å². The third-order valence-electron chi connectivity index (χ3n) is 4.55. The molecule has 1 saturated carbocycles. The maximum Gasteiger partial charge on any atom is 0.573 e. The van der Waals surface area contributed by atoms with Gasteiger partial charge in [-0.3, -0.25) is 14.5 Å². The summed E-state index contributed by atoms with van der Waals surface area (Å²) in [4.78, 5) is 27.9. The van der Waals surface area contributed by atoms with Gasteiger partial charge in [0, 0.05) is 32.2 Å². The standard InChI is InChI=1S/C18H22F3N3O3/c19-18(20,21)27-15-5-1-13(2-6-15)11-17(26)24-9-7-23(8-10-24)12-16(25)22-14-3-4-14/h1-2,5-6,14H,3-4,7-12H2,(H,22,25). The van der Waals surface area contributed by atoms with Gasteiger partial charge < -0.3 is 15.0 Å². The zero-order valence-electron chi connectivity index (χ0n) is 14.8. The average Bonchev–Trinajstić information content (AvgIpc) is 3.40. The molecule has 0 radical (unpaired) electrons. The molecule has 2 amide bonds. The molecule has 1 N–H and O–H groups in total. The van der Waals surface area contributed by atoms with Crippen molar-refractivity contribution in [1.29, 1.82) is 0 Å². The number of hydrogen-bond donors (Lipinski definition) is 1. The predicted octanol–water partition coefficient (Wildman–Crippen LogP) is 1.55. The molecule has 1 aromatic carbocycles. The van der Waals surface area contributed by atoms with Crippen LogP contribution in [0.4, 0.5) is 13.2 Å². The largest absolute Gasteiger partial charge is 0.573 e. The number of nitrogens with zero attached hydrogens (tertiary/aromatic N) is 2. The van der Waals surface area contributed by atoms with Crippen molar-refractivity contribution in [1.82, 2.24) is 15.1 Å². The highest BCUT2D eigenvalue weighted by Gasteiger charge is 2.31. The molecule has 0 unspecified atom stereocenters. The van der Waals surface area contributed by atoms with Crippen molar-refractivity contribution in [2.45, 2.75) is 31.7 Å². The Bertz CT molecular complexity index is 667. The summed E-state index contributed by atoms with van der Waals surface area (Å²) in [5, 5.41) is 2.94. The Labute approximate surface area is 155 Å². The number of piperazine rings is 1. The van der Waals surface area contributed by atoms with E-state index >= 15 is 0 Å². The van der Waals surface area contributed by atoms with Crippen LogP contribution < -0.4 is 10.1 Å². The minimum absolute atomic E-state index is 0.0263. The summed E-state index contributed by atoms with van der Waals surface area (Å²) in [6, 6.07) is 5.65. The van der Waals surface area contributed by atoms with Gasteiger partial charge in [-0.25, -0.2) is 0 Å². The minimum atomic E-state index is -4.73. The second kappa shape index (κ2) is 8.16. The lowest BCUT2D eigenvalue weighted by atomic mass is 10.1. The summed E-state index contributed by atoms with van der Waals surface area (Å²) >= 11 is 0. The Kier molecular flexibility index (Phi) is 5.88. The van der Waals surface area contributed by atoms with E-state index in [4.69, 9.17) is 0 Å². The van der Waals surface area contributed by atoms with Gasteiger partial charge in [0.05, 0.1) is 13.0 Å². The monoisotopic (exact) mass is 385 g/mol. The fourth-order valence-corrected chi connectivity index (χ4v) is 2.95. The third kappa shape index (κ3) is 6.42. The number of alkyl halides is 3. The van der Waals surface area contributed by atoms with Gasteiger partial charge in [0.1, 0.15) is 5.75 Å². The van der Waals surface area contributed by atoms with Crippen LogP contribution in [0.1, 0.15) is 18.4 Å². The first kappa shape index (κ1) is 19.5. The fourth-order valence-electron chi connectivity index (χ4n) is 2.95. The van der Waals surface area contributed by atoms with Gasteiger partial charge in [-0.15, -0.1) is 13.2 Å². The van der Waals surface area contributed by atoms with E-state index in [9.17, 15) is 22.8 Å². The molecule has 0 spiro atoms. The van der Waals surface area contributed by atoms with E-state index in [0.717, 1.165) is 12.8 Å². The number of carbonyl (C=O) groups excluding carboxylic acids is 2. The van der Waals surface area contributed by atoms with Crippen LogP contribution in [0.2, 0.25) is 0 Å². The van der Waals surface area contributed by atoms with Crippen LogP contribution in [0.5, 0.6) is 5.75 Å². The molecule has 27 heavy (non-hydrogen) atoms. The minimum Gasteiger partial charge on any atom is -0.406 e. The number of hydrogen-bond acceptors (Lipinski definition) is 4. The number of carbonyl (C=O) groups is 2. The zero-order valence-corrected chi connectivity index (χ0v) is 14.8. The second-order valence-corrected chi connectivity index (χ2v) is 6.87. The predicted molar refractivity (Wildman–Crippen MR) is 91.0 cm³/mol. The van der Waals surface area contributed by atoms with Crippen LogP contribution in [-0.4, -0.2) is 66.7 Å². The molecule has 1 heterocycles. The summed E-state index contributed by atoms with van der Waals surface area (Å²) in [6.07, 6.45) is -2.50. The van der Waals surface area contributed by atoms with Crippen molar-refractivity contribution in [2.75, 3.05) is 32.7 Å². The molecule has 9 heteroatoms. The smallest absolute Gasteiger partial charge is 0.406 e. The summed E-state index contributed by atoms with van der Waals surface area (Å²) in [5.74, 6) is -0.364. The van der Waals surface area contributed by atoms with E-state index < -0.39 is 6.36 Å². The molecule has 0 atom stereocenters. The lowest BCUT2D eigenvalue weighted by Crippen LogP contribution is -2.51. The molecule has 3 rings (SSSR count). The number of rotatable bonds is 6. The van der Waals surface area contributed by atoms with Crippen LogP contribution in [0.15, 0.2) is 24.3 Å². The molecular weight excluding hydrogens is 363 g/mol. The number of halogens is 3. The highest BCUT2D eigenvalue weighted by Crippen LogP contribution is 2.23. The zero-order chi connectivity index (χ0) is 19.4. The van der Waals surface area contributed by atoms with Crippen LogP contribution in [-0.2, 0) is 16.0 Å². The summed E-state index contributed by atoms with van der Waals surface area (Å²) in [6.45, 7) is 2.67. The lowest BCUT2D eigenvalue weighted by molar-refractivity contribution is -0.274. The fraction of sp³-hybridized carbons (Fsp3) is 0.556. The van der Waals surface area contributed by atoms with E-state index in [1.807, 2.05) is 4.90 Å². The summed E-state index contributed by atoms with van der Waals surface area (Å²) in [7, 11) is 0. The van der Waals surface area contributed by atoms with Crippen molar-refractivity contribution in [3.8, 4) is 5.75 Å². The van der Waals surface area contributed by atoms with Crippen LogP contribution in [0, 0.1) is 0 Å².